The highest BCUT2D eigenvalue weighted by Crippen LogP contribution is 2.47. The van der Waals surface area contributed by atoms with E-state index in [1.807, 2.05) is 31.2 Å². The lowest BCUT2D eigenvalue weighted by Crippen LogP contribution is -2.05. The highest BCUT2D eigenvalue weighted by Gasteiger charge is 2.23. The van der Waals surface area contributed by atoms with E-state index >= 15 is 0 Å². The molecule has 0 heterocycles. The number of hydrogen-bond donors (Lipinski definition) is 3. The average molecular weight is 457 g/mol. The lowest BCUT2D eigenvalue weighted by molar-refractivity contribution is 0.441. The molecule has 0 bridgehead atoms. The number of aryl methyl sites for hydroxylation is 1. The summed E-state index contributed by atoms with van der Waals surface area (Å²) in [5.41, 5.74) is 5.95. The predicted molar refractivity (Wildman–Crippen MR) is 139 cm³/mol. The maximum atomic E-state index is 11.5. The van der Waals surface area contributed by atoms with E-state index < -0.39 is 0 Å². The summed E-state index contributed by atoms with van der Waals surface area (Å²) in [7, 11) is 0. The second-order valence-electron chi connectivity index (χ2n) is 10.4. The van der Waals surface area contributed by atoms with Crippen LogP contribution < -0.4 is 0 Å². The van der Waals surface area contributed by atoms with Crippen LogP contribution in [0.15, 0.2) is 48.5 Å². The predicted octanol–water partition coefficient (Wildman–Crippen LogP) is 8.54. The minimum atomic E-state index is 0.118. The van der Waals surface area contributed by atoms with Crippen molar-refractivity contribution in [3.05, 3.63) is 65.2 Å². The first-order valence-electron chi connectivity index (χ1n) is 13.0. The Balaban J connectivity index is 1.58. The molecule has 2 fully saturated rings. The third-order valence-corrected chi connectivity index (χ3v) is 8.14. The van der Waals surface area contributed by atoms with Gasteiger partial charge in [-0.2, -0.15) is 0 Å². The molecule has 34 heavy (non-hydrogen) atoms. The first-order valence-corrected chi connectivity index (χ1v) is 13.0. The summed E-state index contributed by atoms with van der Waals surface area (Å²) in [6, 6.07) is 15.6. The second kappa shape index (κ2) is 9.74. The molecular weight excluding hydrogens is 420 g/mol. The van der Waals surface area contributed by atoms with Gasteiger partial charge in [-0.3, -0.25) is 0 Å². The molecule has 3 heteroatoms. The van der Waals surface area contributed by atoms with E-state index in [2.05, 4.69) is 12.1 Å². The summed E-state index contributed by atoms with van der Waals surface area (Å²) in [5, 5.41) is 33.1. The molecule has 2 aliphatic rings. The van der Waals surface area contributed by atoms with Crippen molar-refractivity contribution >= 4 is 0 Å². The summed E-state index contributed by atoms with van der Waals surface area (Å²) in [4.78, 5) is 0. The number of aromatic hydroxyl groups is 3. The zero-order valence-corrected chi connectivity index (χ0v) is 20.2. The smallest absolute Gasteiger partial charge is 0.131 e. The minimum absolute atomic E-state index is 0.118. The molecule has 178 valence electrons. The van der Waals surface area contributed by atoms with E-state index in [-0.39, 0.29) is 17.2 Å². The van der Waals surface area contributed by atoms with Gasteiger partial charge >= 0.3 is 0 Å². The van der Waals surface area contributed by atoms with Crippen LogP contribution in [0.5, 0.6) is 17.2 Å². The maximum absolute atomic E-state index is 11.5. The lowest BCUT2D eigenvalue weighted by Gasteiger charge is -2.24. The fourth-order valence-electron chi connectivity index (χ4n) is 6.15. The summed E-state index contributed by atoms with van der Waals surface area (Å²) < 4.78 is 0. The van der Waals surface area contributed by atoms with Gasteiger partial charge in [0.05, 0.1) is 0 Å². The molecule has 0 unspecified atom stereocenters. The SMILES string of the molecule is Cc1ccc(-c2cc(C3CCCCC3)ccc2O)c(O)c1-c1cc(C2CCCCC2)ccc1O. The van der Waals surface area contributed by atoms with Crippen LogP contribution in [0.2, 0.25) is 0 Å². The highest BCUT2D eigenvalue weighted by molar-refractivity contribution is 5.88. The number of hydrogen-bond acceptors (Lipinski definition) is 3. The standard InChI is InChI=1S/C31H36O3/c1-20-12-15-25(26-18-23(13-16-28(26)32)21-8-4-2-5-9-21)31(34)30(20)27-19-24(14-17-29(27)33)22-10-6-3-7-11-22/h12-19,21-22,32-34H,2-11H2,1H3. The van der Waals surface area contributed by atoms with Crippen molar-refractivity contribution in [2.24, 2.45) is 0 Å². The van der Waals surface area contributed by atoms with E-state index in [1.54, 1.807) is 12.1 Å². The Morgan fingerprint density at radius 1 is 0.559 bits per heavy atom. The molecule has 3 aromatic carbocycles. The monoisotopic (exact) mass is 456 g/mol. The molecule has 3 N–H and O–H groups in total. The van der Waals surface area contributed by atoms with Gasteiger partial charge in [0.1, 0.15) is 17.2 Å². The normalized spacial score (nSPS) is 17.7. The molecular formula is C31H36O3. The fraction of sp³-hybridized carbons (Fsp3) is 0.419. The second-order valence-corrected chi connectivity index (χ2v) is 10.4. The highest BCUT2D eigenvalue weighted by atomic mass is 16.3. The topological polar surface area (TPSA) is 60.7 Å². The summed E-state index contributed by atoms with van der Waals surface area (Å²) in [6.07, 6.45) is 12.3. The molecule has 3 aromatic rings. The van der Waals surface area contributed by atoms with E-state index in [1.165, 1.54) is 75.3 Å². The maximum Gasteiger partial charge on any atom is 0.131 e. The molecule has 0 spiro atoms. The molecule has 0 aromatic heterocycles. The van der Waals surface area contributed by atoms with Crippen molar-refractivity contribution in [2.75, 3.05) is 0 Å². The minimum Gasteiger partial charge on any atom is -0.507 e. The van der Waals surface area contributed by atoms with Gasteiger partial charge in [0.2, 0.25) is 0 Å². The van der Waals surface area contributed by atoms with Gasteiger partial charge in [-0.05, 0) is 85.4 Å². The van der Waals surface area contributed by atoms with Crippen molar-refractivity contribution in [3.8, 4) is 39.5 Å². The lowest BCUT2D eigenvalue weighted by atomic mass is 9.82. The van der Waals surface area contributed by atoms with Crippen molar-refractivity contribution in [1.29, 1.82) is 0 Å². The molecule has 3 nitrogen and oxygen atoms in total. The number of benzene rings is 3. The van der Waals surface area contributed by atoms with Crippen LogP contribution in [0.3, 0.4) is 0 Å². The Morgan fingerprint density at radius 2 is 1.06 bits per heavy atom. The van der Waals surface area contributed by atoms with E-state index in [0.29, 0.717) is 34.1 Å². The van der Waals surface area contributed by atoms with Crippen LogP contribution in [0.4, 0.5) is 0 Å². The van der Waals surface area contributed by atoms with E-state index in [9.17, 15) is 15.3 Å². The van der Waals surface area contributed by atoms with Crippen molar-refractivity contribution in [3.63, 3.8) is 0 Å². The summed E-state index contributed by atoms with van der Waals surface area (Å²) in [6.45, 7) is 1.96. The molecule has 0 amide bonds. The van der Waals surface area contributed by atoms with Gasteiger partial charge in [0, 0.05) is 22.3 Å². The number of phenols is 3. The van der Waals surface area contributed by atoms with E-state index in [0.717, 1.165) is 5.56 Å². The molecule has 2 aliphatic carbocycles. The van der Waals surface area contributed by atoms with Crippen molar-refractivity contribution in [2.45, 2.75) is 83.0 Å². The Morgan fingerprint density at radius 3 is 1.62 bits per heavy atom. The molecule has 0 radical (unpaired) electrons. The Bertz CT molecular complexity index is 1170. The first kappa shape index (κ1) is 22.8. The van der Waals surface area contributed by atoms with Gasteiger partial charge in [-0.1, -0.05) is 62.8 Å². The van der Waals surface area contributed by atoms with Crippen LogP contribution in [0, 0.1) is 6.92 Å². The van der Waals surface area contributed by atoms with Crippen LogP contribution in [-0.2, 0) is 0 Å². The van der Waals surface area contributed by atoms with Gasteiger partial charge in [-0.25, -0.2) is 0 Å². The number of phenolic OH excluding ortho intramolecular Hbond substituents is 3. The molecule has 0 saturated heterocycles. The zero-order chi connectivity index (χ0) is 23.7. The van der Waals surface area contributed by atoms with Crippen molar-refractivity contribution < 1.29 is 15.3 Å². The third-order valence-electron chi connectivity index (χ3n) is 8.14. The Labute approximate surface area is 203 Å². The van der Waals surface area contributed by atoms with Gasteiger partial charge in [0.15, 0.2) is 0 Å². The fourth-order valence-corrected chi connectivity index (χ4v) is 6.15. The largest absolute Gasteiger partial charge is 0.507 e. The quantitative estimate of drug-likeness (QED) is 0.368. The zero-order valence-electron chi connectivity index (χ0n) is 20.2. The molecule has 0 aliphatic heterocycles. The van der Waals surface area contributed by atoms with Crippen LogP contribution in [0.1, 0.15) is 92.7 Å². The van der Waals surface area contributed by atoms with Crippen molar-refractivity contribution in [1.82, 2.24) is 0 Å². The van der Waals surface area contributed by atoms with E-state index in [4.69, 9.17) is 0 Å². The molecule has 2 saturated carbocycles. The summed E-state index contributed by atoms with van der Waals surface area (Å²) in [5.74, 6) is 1.48. The van der Waals surface area contributed by atoms with Crippen LogP contribution in [0.25, 0.3) is 22.3 Å². The Hall–Kier alpha value is -2.94. The summed E-state index contributed by atoms with van der Waals surface area (Å²) >= 11 is 0. The average Bonchev–Trinajstić information content (AvgIpc) is 2.87. The molecule has 0 atom stereocenters. The third kappa shape index (κ3) is 4.41. The van der Waals surface area contributed by atoms with Crippen LogP contribution >= 0.6 is 0 Å². The van der Waals surface area contributed by atoms with Gasteiger partial charge in [0.25, 0.3) is 0 Å². The van der Waals surface area contributed by atoms with Gasteiger partial charge < -0.3 is 15.3 Å². The Kier molecular flexibility index (Phi) is 6.54. The molecule has 5 rings (SSSR count). The van der Waals surface area contributed by atoms with Crippen LogP contribution in [-0.4, -0.2) is 15.3 Å². The first-order chi connectivity index (χ1) is 16.5. The number of rotatable bonds is 4. The van der Waals surface area contributed by atoms with Gasteiger partial charge in [-0.15, -0.1) is 0 Å².